The van der Waals surface area contributed by atoms with Crippen LogP contribution in [0.2, 0.25) is 0 Å². The summed E-state index contributed by atoms with van der Waals surface area (Å²) in [5.74, 6) is 1.30. The van der Waals surface area contributed by atoms with Gasteiger partial charge in [0.05, 0.1) is 12.7 Å². The van der Waals surface area contributed by atoms with E-state index in [0.29, 0.717) is 17.9 Å². The van der Waals surface area contributed by atoms with Crippen LogP contribution in [-0.2, 0) is 11.3 Å². The number of carbonyl (C=O) groups is 1. The Morgan fingerprint density at radius 3 is 2.37 bits per heavy atom. The van der Waals surface area contributed by atoms with Crippen molar-refractivity contribution in [3.8, 4) is 11.5 Å². The van der Waals surface area contributed by atoms with Crippen LogP contribution in [0.3, 0.4) is 0 Å². The summed E-state index contributed by atoms with van der Waals surface area (Å²) in [6.07, 6.45) is -0.689. The molecule has 4 heteroatoms. The van der Waals surface area contributed by atoms with E-state index >= 15 is 0 Å². The molecule has 0 N–H and O–H groups in total. The van der Waals surface area contributed by atoms with Gasteiger partial charge in [-0.3, -0.25) is 4.79 Å². The standard InChI is InChI=1S/C23H20O4/c1-25-18-13-11-17(12-14-18)22-23(27-22)21(24)19-9-5-6-10-20(19)26-15-16-7-3-2-4-8-16/h2-14,22-23H,15H2,1H3. The number of rotatable bonds is 7. The average Bonchev–Trinajstić information content (AvgIpc) is 3.54. The van der Waals surface area contributed by atoms with E-state index < -0.39 is 6.10 Å². The van der Waals surface area contributed by atoms with E-state index in [1.165, 1.54) is 0 Å². The molecule has 2 unspecified atom stereocenters. The van der Waals surface area contributed by atoms with E-state index in [1.54, 1.807) is 13.2 Å². The Kier molecular flexibility index (Phi) is 4.90. The van der Waals surface area contributed by atoms with Gasteiger partial charge in [0, 0.05) is 0 Å². The molecule has 1 fully saturated rings. The SMILES string of the molecule is COc1ccc(C2OC2C(=O)c2ccccc2OCc2ccccc2)cc1. The zero-order chi connectivity index (χ0) is 18.6. The number of hydrogen-bond acceptors (Lipinski definition) is 4. The lowest BCUT2D eigenvalue weighted by molar-refractivity contribution is 0.0949. The summed E-state index contributed by atoms with van der Waals surface area (Å²) in [6, 6.07) is 24.8. The topological polar surface area (TPSA) is 48.1 Å². The van der Waals surface area contributed by atoms with Crippen molar-refractivity contribution in [3.63, 3.8) is 0 Å². The zero-order valence-electron chi connectivity index (χ0n) is 15.0. The summed E-state index contributed by atoms with van der Waals surface area (Å²) in [5.41, 5.74) is 2.57. The molecule has 0 aromatic heterocycles. The minimum absolute atomic E-state index is 0.0560. The predicted octanol–water partition coefficient (Wildman–Crippen LogP) is 4.60. The number of Topliss-reactive ketones (excluding diaryl/α,β-unsaturated/α-hetero) is 1. The van der Waals surface area contributed by atoms with Gasteiger partial charge in [-0.1, -0.05) is 54.6 Å². The van der Waals surface area contributed by atoms with Gasteiger partial charge in [0.25, 0.3) is 0 Å². The van der Waals surface area contributed by atoms with Gasteiger partial charge in [-0.15, -0.1) is 0 Å². The molecule has 0 bridgehead atoms. The molecule has 4 nitrogen and oxygen atoms in total. The fourth-order valence-corrected chi connectivity index (χ4v) is 3.04. The van der Waals surface area contributed by atoms with Gasteiger partial charge < -0.3 is 14.2 Å². The highest BCUT2D eigenvalue weighted by Crippen LogP contribution is 2.42. The van der Waals surface area contributed by atoms with Crippen LogP contribution in [0, 0.1) is 0 Å². The molecule has 2 atom stereocenters. The first-order valence-corrected chi connectivity index (χ1v) is 8.85. The number of benzene rings is 3. The molecule has 0 amide bonds. The molecular weight excluding hydrogens is 340 g/mol. The molecule has 0 saturated carbocycles. The van der Waals surface area contributed by atoms with Crippen molar-refractivity contribution in [3.05, 3.63) is 95.6 Å². The molecule has 4 rings (SSSR count). The summed E-state index contributed by atoms with van der Waals surface area (Å²) in [7, 11) is 1.63. The minimum atomic E-state index is -0.472. The number of ketones is 1. The van der Waals surface area contributed by atoms with Crippen LogP contribution in [0.5, 0.6) is 11.5 Å². The summed E-state index contributed by atoms with van der Waals surface area (Å²) in [6.45, 7) is 0.415. The smallest absolute Gasteiger partial charge is 0.198 e. The third-order valence-electron chi connectivity index (χ3n) is 4.58. The molecule has 0 spiro atoms. The van der Waals surface area contributed by atoms with Gasteiger partial charge >= 0.3 is 0 Å². The number of methoxy groups -OCH3 is 1. The molecule has 3 aromatic rings. The highest BCUT2D eigenvalue weighted by molar-refractivity contribution is 6.03. The molecule has 1 heterocycles. The lowest BCUT2D eigenvalue weighted by atomic mass is 10.0. The number of carbonyl (C=O) groups excluding carboxylic acids is 1. The quantitative estimate of drug-likeness (QED) is 0.456. The normalized spacial score (nSPS) is 18.0. The Morgan fingerprint density at radius 1 is 0.926 bits per heavy atom. The van der Waals surface area contributed by atoms with Crippen LogP contribution in [0.1, 0.15) is 27.6 Å². The summed E-state index contributed by atoms with van der Waals surface area (Å²) in [4.78, 5) is 12.9. The van der Waals surface area contributed by atoms with E-state index in [1.807, 2.05) is 72.8 Å². The van der Waals surface area contributed by atoms with Gasteiger partial charge in [0.15, 0.2) is 11.9 Å². The number of hydrogen-bond donors (Lipinski definition) is 0. The average molecular weight is 360 g/mol. The van der Waals surface area contributed by atoms with Crippen LogP contribution in [0.15, 0.2) is 78.9 Å². The first-order chi connectivity index (χ1) is 13.3. The van der Waals surface area contributed by atoms with Gasteiger partial charge in [-0.2, -0.15) is 0 Å². The third-order valence-corrected chi connectivity index (χ3v) is 4.58. The van der Waals surface area contributed by atoms with Crippen molar-refractivity contribution >= 4 is 5.78 Å². The van der Waals surface area contributed by atoms with Crippen molar-refractivity contribution in [1.82, 2.24) is 0 Å². The third kappa shape index (κ3) is 3.86. The molecule has 0 aliphatic carbocycles. The second-order valence-electron chi connectivity index (χ2n) is 6.39. The van der Waals surface area contributed by atoms with Gasteiger partial charge in [-0.05, 0) is 35.4 Å². The Labute approximate surface area is 158 Å². The number of epoxide rings is 1. The highest BCUT2D eigenvalue weighted by atomic mass is 16.6. The maximum absolute atomic E-state index is 12.9. The zero-order valence-corrected chi connectivity index (χ0v) is 15.0. The van der Waals surface area contributed by atoms with Crippen molar-refractivity contribution in [1.29, 1.82) is 0 Å². The molecule has 1 saturated heterocycles. The van der Waals surface area contributed by atoms with E-state index in [-0.39, 0.29) is 11.9 Å². The van der Waals surface area contributed by atoms with Crippen LogP contribution in [0.25, 0.3) is 0 Å². The van der Waals surface area contributed by atoms with E-state index in [0.717, 1.165) is 16.9 Å². The van der Waals surface area contributed by atoms with E-state index in [2.05, 4.69) is 0 Å². The Balaban J connectivity index is 1.46. The lowest BCUT2D eigenvalue weighted by Gasteiger charge is -2.10. The van der Waals surface area contributed by atoms with Gasteiger partial charge in [0.1, 0.15) is 24.2 Å². The fourth-order valence-electron chi connectivity index (χ4n) is 3.04. The van der Waals surface area contributed by atoms with Crippen molar-refractivity contribution in [2.45, 2.75) is 18.8 Å². The maximum Gasteiger partial charge on any atom is 0.198 e. The molecule has 1 aliphatic heterocycles. The monoisotopic (exact) mass is 360 g/mol. The van der Waals surface area contributed by atoms with Gasteiger partial charge in [0.2, 0.25) is 0 Å². The largest absolute Gasteiger partial charge is 0.497 e. The molecule has 3 aromatic carbocycles. The highest BCUT2D eigenvalue weighted by Gasteiger charge is 2.46. The van der Waals surface area contributed by atoms with E-state index in [9.17, 15) is 4.79 Å². The first kappa shape index (κ1) is 17.3. The molecule has 0 radical (unpaired) electrons. The second kappa shape index (κ2) is 7.64. The lowest BCUT2D eigenvalue weighted by Crippen LogP contribution is -2.10. The predicted molar refractivity (Wildman–Crippen MR) is 102 cm³/mol. The Morgan fingerprint density at radius 2 is 1.63 bits per heavy atom. The van der Waals surface area contributed by atoms with Crippen LogP contribution in [-0.4, -0.2) is 19.0 Å². The van der Waals surface area contributed by atoms with Crippen molar-refractivity contribution in [2.75, 3.05) is 7.11 Å². The molecule has 1 aliphatic rings. The fraction of sp³-hybridized carbons (Fsp3) is 0.174. The summed E-state index contributed by atoms with van der Waals surface area (Å²) >= 11 is 0. The maximum atomic E-state index is 12.9. The molecule has 27 heavy (non-hydrogen) atoms. The van der Waals surface area contributed by atoms with Gasteiger partial charge in [-0.25, -0.2) is 0 Å². The Bertz CT molecular complexity index is 919. The van der Waals surface area contributed by atoms with Crippen molar-refractivity contribution in [2.24, 2.45) is 0 Å². The first-order valence-electron chi connectivity index (χ1n) is 8.85. The summed E-state index contributed by atoms with van der Waals surface area (Å²) in [5, 5.41) is 0. The van der Waals surface area contributed by atoms with Crippen LogP contribution < -0.4 is 9.47 Å². The minimum Gasteiger partial charge on any atom is -0.497 e. The molecular formula is C23H20O4. The second-order valence-corrected chi connectivity index (χ2v) is 6.39. The van der Waals surface area contributed by atoms with Crippen LogP contribution >= 0.6 is 0 Å². The Hall–Kier alpha value is -3.11. The molecule has 136 valence electrons. The summed E-state index contributed by atoms with van der Waals surface area (Å²) < 4.78 is 16.7. The van der Waals surface area contributed by atoms with Crippen LogP contribution in [0.4, 0.5) is 0 Å². The number of ether oxygens (including phenoxy) is 3. The van der Waals surface area contributed by atoms with Crippen molar-refractivity contribution < 1.29 is 19.0 Å². The number of para-hydroxylation sites is 1. The van der Waals surface area contributed by atoms with E-state index in [4.69, 9.17) is 14.2 Å².